The zero-order chi connectivity index (χ0) is 15.0. The van der Waals surface area contributed by atoms with E-state index in [9.17, 15) is 9.50 Å². The minimum Gasteiger partial charge on any atom is -0.504 e. The van der Waals surface area contributed by atoms with E-state index < -0.39 is 11.6 Å². The average Bonchev–Trinajstić information content (AvgIpc) is 2.37. The lowest BCUT2D eigenvalue weighted by molar-refractivity contribution is 0.476. The lowest BCUT2D eigenvalue weighted by atomic mass is 10.1. The highest BCUT2D eigenvalue weighted by Gasteiger charge is 2.22. The van der Waals surface area contributed by atoms with Gasteiger partial charge in [0.05, 0.1) is 37.5 Å². The number of nitrogens with two attached hydrogens (primary N) is 1. The maximum Gasteiger partial charge on any atom is 0.158 e. The van der Waals surface area contributed by atoms with Crippen LogP contribution in [0.4, 0.5) is 10.1 Å². The molecule has 1 atom stereocenters. The fourth-order valence-electron chi connectivity index (χ4n) is 1.70. The first-order valence-electron chi connectivity index (χ1n) is 5.45. The number of aromatic hydroxyl groups is 1. The summed E-state index contributed by atoms with van der Waals surface area (Å²) in [5.41, 5.74) is 5.98. The van der Waals surface area contributed by atoms with E-state index in [-0.39, 0.29) is 31.8 Å². The summed E-state index contributed by atoms with van der Waals surface area (Å²) < 4.78 is 14.1. The molecule has 0 amide bonds. The Hall–Kier alpha value is -1.11. The number of rotatable bonds is 2. The maximum absolute atomic E-state index is 14.1. The molecule has 1 heterocycles. The molecule has 20 heavy (non-hydrogen) atoms. The van der Waals surface area contributed by atoms with Crippen molar-refractivity contribution in [3.05, 3.63) is 34.0 Å². The minimum atomic E-state index is -0.723. The molecule has 4 nitrogen and oxygen atoms in total. The Morgan fingerprint density at radius 2 is 2.05 bits per heavy atom. The van der Waals surface area contributed by atoms with E-state index in [0.717, 1.165) is 6.07 Å². The van der Waals surface area contributed by atoms with Crippen LogP contribution in [0.25, 0.3) is 11.3 Å². The van der Waals surface area contributed by atoms with Gasteiger partial charge >= 0.3 is 0 Å². The molecule has 106 valence electrons. The summed E-state index contributed by atoms with van der Waals surface area (Å²) in [7, 11) is 0. The largest absolute Gasteiger partial charge is 0.504 e. The Morgan fingerprint density at radius 3 is 2.65 bits per heavy atom. The summed E-state index contributed by atoms with van der Waals surface area (Å²) in [6.07, 6.45) is 1.25. The van der Waals surface area contributed by atoms with Crippen LogP contribution in [0.1, 0.15) is 17.4 Å². The number of hydrogen-bond donors (Lipinski definition) is 2. The molecule has 0 saturated carbocycles. The van der Waals surface area contributed by atoms with Crippen molar-refractivity contribution >= 4 is 44.8 Å². The second-order valence-electron chi connectivity index (χ2n) is 4.01. The van der Waals surface area contributed by atoms with Gasteiger partial charge in [-0.15, -0.1) is 0 Å². The number of phenolic OH excluding ortho intramolecular Hbond substituents is 1. The van der Waals surface area contributed by atoms with Crippen LogP contribution in [-0.2, 0) is 0 Å². The SMILES string of the molecule is CC(Br)c1ncnc(-c2c(F)cc(Cl)c(O)c2N)c1Cl. The lowest BCUT2D eigenvalue weighted by Crippen LogP contribution is -2.01. The van der Waals surface area contributed by atoms with Crippen molar-refractivity contribution in [1.82, 2.24) is 9.97 Å². The van der Waals surface area contributed by atoms with E-state index in [1.807, 2.05) is 6.92 Å². The van der Waals surface area contributed by atoms with Crippen LogP contribution >= 0.6 is 39.1 Å². The second kappa shape index (κ2) is 5.71. The predicted molar refractivity (Wildman–Crippen MR) is 80.9 cm³/mol. The number of halogens is 4. The third-order valence-electron chi connectivity index (χ3n) is 2.67. The molecule has 0 saturated heterocycles. The molecule has 0 fully saturated rings. The molecule has 1 aromatic heterocycles. The Balaban J connectivity index is 2.76. The highest BCUT2D eigenvalue weighted by atomic mass is 79.9. The van der Waals surface area contributed by atoms with Gasteiger partial charge in [-0.25, -0.2) is 14.4 Å². The van der Waals surface area contributed by atoms with Crippen LogP contribution in [0.2, 0.25) is 10.0 Å². The van der Waals surface area contributed by atoms with Crippen molar-refractivity contribution in [2.24, 2.45) is 0 Å². The smallest absolute Gasteiger partial charge is 0.158 e. The van der Waals surface area contributed by atoms with Gasteiger partial charge < -0.3 is 10.8 Å². The zero-order valence-corrected chi connectivity index (χ0v) is 13.3. The summed E-state index contributed by atoms with van der Waals surface area (Å²) in [4.78, 5) is 7.82. The topological polar surface area (TPSA) is 72.0 Å². The van der Waals surface area contributed by atoms with E-state index >= 15 is 0 Å². The number of aromatic nitrogens is 2. The number of phenols is 1. The minimum absolute atomic E-state index is 0.102. The molecule has 3 N–H and O–H groups in total. The van der Waals surface area contributed by atoms with E-state index in [1.54, 1.807) is 0 Å². The van der Waals surface area contributed by atoms with Crippen LogP contribution in [-0.4, -0.2) is 15.1 Å². The van der Waals surface area contributed by atoms with Crippen LogP contribution < -0.4 is 5.73 Å². The summed E-state index contributed by atoms with van der Waals surface area (Å²) in [5.74, 6) is -1.13. The zero-order valence-electron chi connectivity index (χ0n) is 10.2. The molecular formula is C12H9BrCl2FN3O. The molecule has 0 spiro atoms. The van der Waals surface area contributed by atoms with Gasteiger partial charge in [-0.05, 0) is 13.0 Å². The average molecular weight is 381 g/mol. The van der Waals surface area contributed by atoms with Gasteiger partial charge in [0.25, 0.3) is 0 Å². The molecule has 0 aliphatic heterocycles. The molecule has 0 aliphatic rings. The van der Waals surface area contributed by atoms with Crippen molar-refractivity contribution < 1.29 is 9.50 Å². The normalized spacial score (nSPS) is 12.4. The molecule has 0 radical (unpaired) electrons. The Morgan fingerprint density at radius 1 is 1.40 bits per heavy atom. The third-order valence-corrected chi connectivity index (χ3v) is 3.77. The van der Waals surface area contributed by atoms with Gasteiger partial charge in [-0.1, -0.05) is 39.1 Å². The van der Waals surface area contributed by atoms with E-state index in [0.29, 0.717) is 5.69 Å². The first-order valence-corrected chi connectivity index (χ1v) is 7.13. The highest BCUT2D eigenvalue weighted by molar-refractivity contribution is 9.09. The van der Waals surface area contributed by atoms with Gasteiger partial charge in [0.2, 0.25) is 0 Å². The fraction of sp³-hybridized carbons (Fsp3) is 0.167. The van der Waals surface area contributed by atoms with E-state index in [2.05, 4.69) is 25.9 Å². The number of benzene rings is 1. The summed E-state index contributed by atoms with van der Waals surface area (Å²) >= 11 is 15.2. The molecule has 1 unspecified atom stereocenters. The van der Waals surface area contributed by atoms with Crippen molar-refractivity contribution in [2.45, 2.75) is 11.8 Å². The molecule has 2 rings (SSSR count). The van der Waals surface area contributed by atoms with Crippen molar-refractivity contribution in [1.29, 1.82) is 0 Å². The van der Waals surface area contributed by atoms with E-state index in [4.69, 9.17) is 28.9 Å². The Kier molecular flexibility index (Phi) is 4.36. The van der Waals surface area contributed by atoms with Gasteiger partial charge in [0.1, 0.15) is 12.1 Å². The van der Waals surface area contributed by atoms with Crippen molar-refractivity contribution in [3.8, 4) is 17.0 Å². The summed E-state index contributed by atoms with van der Waals surface area (Å²) in [5, 5.41) is 9.70. The lowest BCUT2D eigenvalue weighted by Gasteiger charge is -2.13. The number of nitrogens with zero attached hydrogens (tertiary/aromatic N) is 2. The number of anilines is 1. The quantitative estimate of drug-likeness (QED) is 0.462. The Labute approximate surface area is 132 Å². The van der Waals surface area contributed by atoms with Crippen molar-refractivity contribution in [3.63, 3.8) is 0 Å². The first kappa shape index (κ1) is 15.3. The number of hydrogen-bond acceptors (Lipinski definition) is 4. The highest BCUT2D eigenvalue weighted by Crippen LogP contribution is 2.42. The molecule has 8 heteroatoms. The van der Waals surface area contributed by atoms with Crippen LogP contribution in [0, 0.1) is 5.82 Å². The van der Waals surface area contributed by atoms with Gasteiger partial charge in [-0.2, -0.15) is 0 Å². The van der Waals surface area contributed by atoms with Crippen molar-refractivity contribution in [2.75, 3.05) is 5.73 Å². The van der Waals surface area contributed by atoms with Gasteiger partial charge in [0.15, 0.2) is 5.75 Å². The summed E-state index contributed by atoms with van der Waals surface area (Å²) in [6.45, 7) is 1.82. The Bertz CT molecular complexity index is 682. The molecular weight excluding hydrogens is 372 g/mol. The second-order valence-corrected chi connectivity index (χ2v) is 6.17. The maximum atomic E-state index is 14.1. The third kappa shape index (κ3) is 2.55. The van der Waals surface area contributed by atoms with Crippen LogP contribution in [0.5, 0.6) is 5.75 Å². The van der Waals surface area contributed by atoms with Crippen LogP contribution in [0.3, 0.4) is 0 Å². The van der Waals surface area contributed by atoms with Crippen LogP contribution in [0.15, 0.2) is 12.4 Å². The summed E-state index contributed by atoms with van der Waals surface area (Å²) in [6, 6.07) is 0.957. The molecule has 2 aromatic rings. The van der Waals surface area contributed by atoms with Gasteiger partial charge in [-0.3, -0.25) is 0 Å². The van der Waals surface area contributed by atoms with Gasteiger partial charge in [0, 0.05) is 0 Å². The standard InChI is InChI=1S/C12H9BrCl2FN3O/c1-4(13)10-8(15)11(19-3-18-10)7-6(16)2-5(14)12(20)9(7)17/h2-4,20H,17H2,1H3. The molecule has 1 aromatic carbocycles. The first-order chi connectivity index (χ1) is 9.34. The van der Waals surface area contributed by atoms with E-state index in [1.165, 1.54) is 6.33 Å². The predicted octanol–water partition coefficient (Wildman–Crippen LogP) is 4.33. The number of nitrogen functional groups attached to an aromatic ring is 1. The number of alkyl halides is 1. The molecule has 0 bridgehead atoms. The fourth-order valence-corrected chi connectivity index (χ4v) is 2.74. The monoisotopic (exact) mass is 379 g/mol. The molecule has 0 aliphatic carbocycles.